The summed E-state index contributed by atoms with van der Waals surface area (Å²) in [6, 6.07) is 8.99. The fourth-order valence-corrected chi connectivity index (χ4v) is 0.732. The third kappa shape index (κ3) is 3.81. The zero-order chi connectivity index (χ0) is 6.53. The third-order valence-electron chi connectivity index (χ3n) is 0.886. The molecule has 1 aromatic carbocycles. The predicted octanol–water partition coefficient (Wildman–Crippen LogP) is -0.611. The molecule has 4 heteroatoms. The molecule has 0 aliphatic heterocycles. The Morgan fingerprint density at radius 2 is 1.90 bits per heavy atom. The van der Waals surface area contributed by atoms with Gasteiger partial charge in [0.05, 0.1) is 0 Å². The molecule has 0 radical (unpaired) electrons. The molecule has 0 aliphatic carbocycles. The Hall–Kier alpha value is 0.756. The van der Waals surface area contributed by atoms with E-state index in [1.807, 2.05) is 18.2 Å². The second-order valence-corrected chi connectivity index (χ2v) is 1.81. The Bertz CT molecular complexity index is 195. The van der Waals surface area contributed by atoms with Crippen molar-refractivity contribution >= 4 is 8.69 Å². The van der Waals surface area contributed by atoms with Gasteiger partial charge in [0, 0.05) is 0 Å². The van der Waals surface area contributed by atoms with Gasteiger partial charge in [-0.2, -0.15) is 0 Å². The molecule has 2 nitrogen and oxygen atoms in total. The van der Waals surface area contributed by atoms with Crippen molar-refractivity contribution in [3.05, 3.63) is 30.3 Å². The Labute approximate surface area is 105 Å². The number of benzene rings is 1. The van der Waals surface area contributed by atoms with Crippen molar-refractivity contribution in [2.75, 3.05) is 0 Å². The van der Waals surface area contributed by atoms with Crippen LogP contribution in [0.2, 0.25) is 0 Å². The van der Waals surface area contributed by atoms with Gasteiger partial charge in [-0.1, -0.05) is 18.2 Å². The minimum Gasteiger partial charge on any atom is -1.00 e. The summed E-state index contributed by atoms with van der Waals surface area (Å²) in [6.45, 7) is 0. The van der Waals surface area contributed by atoms with Crippen LogP contribution < -0.4 is 55.9 Å². The average Bonchev–Trinajstić information content (AvgIpc) is 1.91. The topological polar surface area (TPSA) is 26.3 Å². The summed E-state index contributed by atoms with van der Waals surface area (Å²) in [7, 11) is -0.305. The van der Waals surface area contributed by atoms with Crippen molar-refractivity contribution in [3.8, 4) is 5.75 Å². The zero-order valence-electron chi connectivity index (χ0n) is 6.65. The van der Waals surface area contributed by atoms with E-state index in [9.17, 15) is 4.57 Å². The summed E-state index contributed by atoms with van der Waals surface area (Å²) >= 11 is 0. The zero-order valence-corrected chi connectivity index (χ0v) is 9.67. The second kappa shape index (κ2) is 6.47. The van der Waals surface area contributed by atoms with E-state index in [2.05, 4.69) is 4.52 Å². The SMILES string of the molecule is O=POc1ccccc1.[H-].[K+]. The molecule has 48 valence electrons. The van der Waals surface area contributed by atoms with Crippen molar-refractivity contribution in [3.63, 3.8) is 0 Å². The van der Waals surface area contributed by atoms with Gasteiger partial charge in [0.25, 0.3) is 0 Å². The molecule has 10 heavy (non-hydrogen) atoms. The van der Waals surface area contributed by atoms with E-state index in [1.165, 1.54) is 0 Å². The van der Waals surface area contributed by atoms with Gasteiger partial charge in [-0.25, -0.2) is 4.57 Å². The minimum absolute atomic E-state index is 0. The quantitative estimate of drug-likeness (QED) is 0.448. The van der Waals surface area contributed by atoms with E-state index in [0.29, 0.717) is 5.75 Å². The van der Waals surface area contributed by atoms with Crippen LogP contribution in [0.5, 0.6) is 5.75 Å². The average molecular weight is 180 g/mol. The van der Waals surface area contributed by atoms with Crippen molar-refractivity contribution in [2.24, 2.45) is 0 Å². The molecule has 0 heterocycles. The molecule has 0 N–H and O–H groups in total. The van der Waals surface area contributed by atoms with E-state index in [-0.39, 0.29) is 61.5 Å². The molecule has 0 spiro atoms. The van der Waals surface area contributed by atoms with E-state index < -0.39 is 0 Å². The molecule has 0 bridgehead atoms. The molecule has 0 atom stereocenters. The van der Waals surface area contributed by atoms with Crippen LogP contribution in [0.15, 0.2) is 30.3 Å². The maximum absolute atomic E-state index is 9.85. The molecular weight excluding hydrogens is 174 g/mol. The summed E-state index contributed by atoms with van der Waals surface area (Å²) in [5.74, 6) is 0.620. The Morgan fingerprint density at radius 1 is 1.30 bits per heavy atom. The number of para-hydroxylation sites is 1. The molecular formula is C6H6KO2P. The summed E-state index contributed by atoms with van der Waals surface area (Å²) in [5, 5.41) is 0. The summed E-state index contributed by atoms with van der Waals surface area (Å²) in [6.07, 6.45) is 0. The monoisotopic (exact) mass is 180 g/mol. The van der Waals surface area contributed by atoms with Crippen molar-refractivity contribution < 1.29 is 61.9 Å². The largest absolute Gasteiger partial charge is 1.00 e. The van der Waals surface area contributed by atoms with Crippen LogP contribution >= 0.6 is 8.69 Å². The Morgan fingerprint density at radius 3 is 2.40 bits per heavy atom. The third-order valence-corrected chi connectivity index (χ3v) is 1.17. The van der Waals surface area contributed by atoms with E-state index >= 15 is 0 Å². The van der Waals surface area contributed by atoms with Crippen LogP contribution in [0, 0.1) is 0 Å². The number of hydrogen-bond donors (Lipinski definition) is 0. The molecule has 1 aromatic rings. The molecule has 0 amide bonds. The van der Waals surface area contributed by atoms with Gasteiger partial charge >= 0.3 is 60.1 Å². The normalized spacial score (nSPS) is 8.40. The van der Waals surface area contributed by atoms with Gasteiger partial charge in [0.1, 0.15) is 5.75 Å². The maximum Gasteiger partial charge on any atom is 1.00 e. The van der Waals surface area contributed by atoms with Crippen LogP contribution in [0.4, 0.5) is 0 Å². The van der Waals surface area contributed by atoms with E-state index in [4.69, 9.17) is 0 Å². The van der Waals surface area contributed by atoms with Crippen LogP contribution in [-0.4, -0.2) is 0 Å². The fourth-order valence-electron chi connectivity index (χ4n) is 0.524. The summed E-state index contributed by atoms with van der Waals surface area (Å²) < 4.78 is 14.5. The molecule has 0 aromatic heterocycles. The first-order chi connectivity index (χ1) is 4.43. The molecule has 0 saturated carbocycles. The molecule has 1 rings (SSSR count). The van der Waals surface area contributed by atoms with Gasteiger partial charge in [-0.3, -0.25) is 0 Å². The first kappa shape index (κ1) is 10.8. The van der Waals surface area contributed by atoms with Crippen LogP contribution in [-0.2, 0) is 4.57 Å². The van der Waals surface area contributed by atoms with Gasteiger partial charge in [0.2, 0.25) is 0 Å². The summed E-state index contributed by atoms with van der Waals surface area (Å²) in [5.41, 5.74) is 0. The van der Waals surface area contributed by atoms with Crippen LogP contribution in [0.1, 0.15) is 1.43 Å². The number of hydrogen-bond acceptors (Lipinski definition) is 2. The van der Waals surface area contributed by atoms with Crippen LogP contribution in [0.3, 0.4) is 0 Å². The van der Waals surface area contributed by atoms with Crippen LogP contribution in [0.25, 0.3) is 0 Å². The van der Waals surface area contributed by atoms with Gasteiger partial charge in [-0.05, 0) is 12.1 Å². The smallest absolute Gasteiger partial charge is 1.00 e. The van der Waals surface area contributed by atoms with E-state index in [1.54, 1.807) is 12.1 Å². The van der Waals surface area contributed by atoms with Crippen molar-refractivity contribution in [1.82, 2.24) is 0 Å². The number of rotatable bonds is 2. The fraction of sp³-hybridized carbons (Fsp3) is 0. The van der Waals surface area contributed by atoms with Gasteiger partial charge in [-0.15, -0.1) is 0 Å². The minimum atomic E-state index is -0.305. The van der Waals surface area contributed by atoms with Gasteiger partial charge in [0.15, 0.2) is 0 Å². The maximum atomic E-state index is 9.85. The first-order valence-corrected chi connectivity index (χ1v) is 3.21. The second-order valence-electron chi connectivity index (χ2n) is 1.48. The Kier molecular flexibility index (Phi) is 6.95. The summed E-state index contributed by atoms with van der Waals surface area (Å²) in [4.78, 5) is 0. The molecule has 0 aliphatic rings. The predicted molar refractivity (Wildman–Crippen MR) is 35.8 cm³/mol. The molecule has 0 saturated heterocycles. The van der Waals surface area contributed by atoms with E-state index in [0.717, 1.165) is 0 Å². The van der Waals surface area contributed by atoms with Gasteiger partial charge < -0.3 is 5.95 Å². The molecule has 0 unspecified atom stereocenters. The molecule has 0 fully saturated rings. The standard InChI is InChI=1S/C6H5O2P.K.H/c7-9-8-6-4-2-1-3-5-6;;/h1-5H;;/q;+1;-1. The first-order valence-electron chi connectivity index (χ1n) is 2.48. The van der Waals surface area contributed by atoms with Crippen molar-refractivity contribution in [2.45, 2.75) is 0 Å². The van der Waals surface area contributed by atoms with Crippen molar-refractivity contribution in [1.29, 1.82) is 0 Å². The Balaban J connectivity index is 0.